The Hall–Kier alpha value is -0.0800. The minimum Gasteiger partial charge on any atom is -0.381 e. The molecule has 2 heteroatoms. The lowest BCUT2D eigenvalue weighted by Crippen LogP contribution is -2.50. The van der Waals surface area contributed by atoms with Crippen LogP contribution in [-0.4, -0.2) is 38.3 Å². The highest BCUT2D eigenvalue weighted by Crippen LogP contribution is 2.49. The summed E-state index contributed by atoms with van der Waals surface area (Å²) >= 11 is 0. The fourth-order valence-corrected chi connectivity index (χ4v) is 2.52. The van der Waals surface area contributed by atoms with Crippen molar-refractivity contribution < 1.29 is 4.74 Å². The first-order valence-corrected chi connectivity index (χ1v) is 4.96. The van der Waals surface area contributed by atoms with Crippen molar-refractivity contribution in [2.24, 2.45) is 5.41 Å². The highest BCUT2D eigenvalue weighted by atomic mass is 16.5. The average molecular weight is 169 g/mol. The van der Waals surface area contributed by atoms with E-state index >= 15 is 0 Å². The van der Waals surface area contributed by atoms with Gasteiger partial charge in [0.1, 0.15) is 0 Å². The third-order valence-electron chi connectivity index (χ3n) is 3.62. The van der Waals surface area contributed by atoms with Gasteiger partial charge >= 0.3 is 0 Å². The fourth-order valence-electron chi connectivity index (χ4n) is 2.52. The molecular formula is C10H19NO. The zero-order chi connectivity index (χ0) is 8.60. The molecule has 2 aliphatic rings. The summed E-state index contributed by atoms with van der Waals surface area (Å²) in [5.41, 5.74) is 0.688. The van der Waals surface area contributed by atoms with Crippen LogP contribution >= 0.6 is 0 Å². The van der Waals surface area contributed by atoms with Crippen LogP contribution in [0.5, 0.6) is 0 Å². The molecule has 1 spiro atoms. The molecule has 2 nitrogen and oxygen atoms in total. The van der Waals surface area contributed by atoms with E-state index in [1.807, 2.05) is 0 Å². The van der Waals surface area contributed by atoms with Crippen LogP contribution < -0.4 is 0 Å². The minimum absolute atomic E-state index is 0.688. The second kappa shape index (κ2) is 3.00. The van der Waals surface area contributed by atoms with Crippen LogP contribution in [0.25, 0.3) is 0 Å². The summed E-state index contributed by atoms with van der Waals surface area (Å²) in [6.45, 7) is 2.00. The van der Waals surface area contributed by atoms with Gasteiger partial charge in [-0.25, -0.2) is 0 Å². The minimum atomic E-state index is 0.688. The van der Waals surface area contributed by atoms with Crippen molar-refractivity contribution in [3.05, 3.63) is 0 Å². The molecule has 0 aromatic heterocycles. The molecule has 1 saturated carbocycles. The summed E-state index contributed by atoms with van der Waals surface area (Å²) in [6, 6.07) is 0.850. The topological polar surface area (TPSA) is 12.5 Å². The van der Waals surface area contributed by atoms with Crippen molar-refractivity contribution >= 4 is 0 Å². The predicted molar refractivity (Wildman–Crippen MR) is 49.2 cm³/mol. The van der Waals surface area contributed by atoms with Crippen LogP contribution in [0.1, 0.15) is 25.7 Å². The molecule has 0 unspecified atom stereocenters. The molecular weight excluding hydrogens is 150 g/mol. The van der Waals surface area contributed by atoms with Gasteiger partial charge in [-0.2, -0.15) is 0 Å². The molecule has 0 bridgehead atoms. The maximum atomic E-state index is 5.38. The second-order valence-electron chi connectivity index (χ2n) is 4.64. The molecule has 1 heterocycles. The van der Waals surface area contributed by atoms with Gasteiger partial charge in [-0.1, -0.05) is 0 Å². The number of hydrogen-bond donors (Lipinski definition) is 0. The Bertz CT molecular complexity index is 153. The van der Waals surface area contributed by atoms with Crippen LogP contribution in [0.3, 0.4) is 0 Å². The van der Waals surface area contributed by atoms with E-state index in [9.17, 15) is 0 Å². The zero-order valence-corrected chi connectivity index (χ0v) is 8.18. The molecule has 1 aliphatic heterocycles. The third kappa shape index (κ3) is 1.38. The van der Waals surface area contributed by atoms with Crippen LogP contribution in [-0.2, 0) is 4.74 Å². The van der Waals surface area contributed by atoms with E-state index in [-0.39, 0.29) is 0 Å². The monoisotopic (exact) mass is 169 g/mol. The molecule has 0 aromatic carbocycles. The Morgan fingerprint density at radius 2 is 1.75 bits per heavy atom. The quantitative estimate of drug-likeness (QED) is 0.590. The zero-order valence-electron chi connectivity index (χ0n) is 8.18. The average Bonchev–Trinajstić information content (AvgIpc) is 2.01. The number of ether oxygens (including phenoxy) is 1. The van der Waals surface area contributed by atoms with Crippen LogP contribution in [0, 0.1) is 5.41 Å². The molecule has 70 valence electrons. The van der Waals surface area contributed by atoms with E-state index in [0.717, 1.165) is 19.3 Å². The van der Waals surface area contributed by atoms with E-state index < -0.39 is 0 Å². The van der Waals surface area contributed by atoms with Gasteiger partial charge in [0.2, 0.25) is 0 Å². The lowest BCUT2D eigenvalue weighted by molar-refractivity contribution is -0.0663. The first-order valence-electron chi connectivity index (χ1n) is 4.96. The third-order valence-corrected chi connectivity index (χ3v) is 3.62. The van der Waals surface area contributed by atoms with Gasteiger partial charge in [0.05, 0.1) is 0 Å². The van der Waals surface area contributed by atoms with Crippen molar-refractivity contribution in [1.82, 2.24) is 4.90 Å². The first kappa shape index (κ1) is 8.52. The smallest absolute Gasteiger partial charge is 0.0471 e. The lowest BCUT2D eigenvalue weighted by Gasteiger charge is -2.52. The Morgan fingerprint density at radius 1 is 1.17 bits per heavy atom. The van der Waals surface area contributed by atoms with Gasteiger partial charge in [0, 0.05) is 19.3 Å². The predicted octanol–water partition coefficient (Wildman–Crippen LogP) is 1.51. The Kier molecular flexibility index (Phi) is 2.13. The molecule has 1 aliphatic carbocycles. The Morgan fingerprint density at radius 3 is 2.25 bits per heavy atom. The van der Waals surface area contributed by atoms with Crippen molar-refractivity contribution in [1.29, 1.82) is 0 Å². The first-order chi connectivity index (χ1) is 5.72. The molecule has 2 fully saturated rings. The largest absolute Gasteiger partial charge is 0.381 e. The molecule has 0 radical (unpaired) electrons. The van der Waals surface area contributed by atoms with Crippen molar-refractivity contribution in [3.63, 3.8) is 0 Å². The Balaban J connectivity index is 1.84. The summed E-state index contributed by atoms with van der Waals surface area (Å²) in [7, 11) is 4.38. The van der Waals surface area contributed by atoms with Gasteiger partial charge in [0.15, 0.2) is 0 Å². The van der Waals surface area contributed by atoms with E-state index in [1.54, 1.807) is 0 Å². The number of rotatable bonds is 1. The molecule has 0 N–H and O–H groups in total. The maximum Gasteiger partial charge on any atom is 0.0471 e. The summed E-state index contributed by atoms with van der Waals surface area (Å²) in [5, 5.41) is 0. The number of nitrogens with zero attached hydrogens (tertiary/aromatic N) is 1. The molecule has 1 saturated heterocycles. The summed E-state index contributed by atoms with van der Waals surface area (Å²) < 4.78 is 5.38. The number of hydrogen-bond acceptors (Lipinski definition) is 2. The van der Waals surface area contributed by atoms with Crippen molar-refractivity contribution in [3.8, 4) is 0 Å². The van der Waals surface area contributed by atoms with Crippen LogP contribution in [0.15, 0.2) is 0 Å². The molecule has 2 rings (SSSR count). The normalized spacial score (nSPS) is 29.2. The maximum absolute atomic E-state index is 5.38. The van der Waals surface area contributed by atoms with Crippen LogP contribution in [0.4, 0.5) is 0 Å². The molecule has 12 heavy (non-hydrogen) atoms. The SMILES string of the molecule is CN(C)C1CC2(CCOCC2)C1. The lowest BCUT2D eigenvalue weighted by atomic mass is 9.61. The fraction of sp³-hybridized carbons (Fsp3) is 1.00. The van der Waals surface area contributed by atoms with Crippen molar-refractivity contribution in [2.45, 2.75) is 31.7 Å². The molecule has 0 amide bonds. The van der Waals surface area contributed by atoms with E-state index in [0.29, 0.717) is 5.41 Å². The highest BCUT2D eigenvalue weighted by molar-refractivity contribution is 4.98. The molecule has 0 aromatic rings. The van der Waals surface area contributed by atoms with Crippen LogP contribution in [0.2, 0.25) is 0 Å². The van der Waals surface area contributed by atoms with E-state index in [1.165, 1.54) is 25.7 Å². The van der Waals surface area contributed by atoms with E-state index in [2.05, 4.69) is 19.0 Å². The van der Waals surface area contributed by atoms with Gasteiger partial charge in [-0.05, 0) is 45.2 Å². The van der Waals surface area contributed by atoms with Gasteiger partial charge in [-0.3, -0.25) is 0 Å². The van der Waals surface area contributed by atoms with Gasteiger partial charge in [0.25, 0.3) is 0 Å². The highest BCUT2D eigenvalue weighted by Gasteiger charge is 2.45. The second-order valence-corrected chi connectivity index (χ2v) is 4.64. The van der Waals surface area contributed by atoms with E-state index in [4.69, 9.17) is 4.74 Å². The van der Waals surface area contributed by atoms with Gasteiger partial charge < -0.3 is 9.64 Å². The Labute approximate surface area is 74.9 Å². The molecule has 0 atom stereocenters. The summed E-state index contributed by atoms with van der Waals surface area (Å²) in [6.07, 6.45) is 5.42. The van der Waals surface area contributed by atoms with Crippen molar-refractivity contribution in [2.75, 3.05) is 27.3 Å². The summed E-state index contributed by atoms with van der Waals surface area (Å²) in [4.78, 5) is 2.36. The summed E-state index contributed by atoms with van der Waals surface area (Å²) in [5.74, 6) is 0. The van der Waals surface area contributed by atoms with Gasteiger partial charge in [-0.15, -0.1) is 0 Å². The standard InChI is InChI=1S/C10H19NO/c1-11(2)9-7-10(8-9)3-5-12-6-4-10/h9H,3-8H2,1-2H3.